The molecule has 0 aliphatic rings. The number of carbonyl (C=O) groups excluding carboxylic acids is 1. The summed E-state index contributed by atoms with van der Waals surface area (Å²) in [6.45, 7) is 7.52. The number of benzene rings is 3. The van der Waals surface area contributed by atoms with Crippen LogP contribution in [0.4, 0.5) is 4.39 Å². The van der Waals surface area contributed by atoms with E-state index in [2.05, 4.69) is 13.2 Å². The second-order valence-corrected chi connectivity index (χ2v) is 6.97. The molecule has 0 aliphatic carbocycles. The minimum atomic E-state index is -0.580. The van der Waals surface area contributed by atoms with E-state index in [1.165, 1.54) is 18.2 Å². The first kappa shape index (κ1) is 21.8. The molecular formula is C27H23FO3. The average Bonchev–Trinajstić information content (AvgIpc) is 2.76. The zero-order valence-corrected chi connectivity index (χ0v) is 17.1. The van der Waals surface area contributed by atoms with Gasteiger partial charge >= 0.3 is 5.97 Å². The van der Waals surface area contributed by atoms with E-state index in [0.717, 1.165) is 11.1 Å². The van der Waals surface area contributed by atoms with Gasteiger partial charge < -0.3 is 9.84 Å². The predicted octanol–water partition coefficient (Wildman–Crippen LogP) is 6.27. The van der Waals surface area contributed by atoms with Crippen molar-refractivity contribution in [3.63, 3.8) is 0 Å². The standard InChI is InChI=1S/C27H23FO3/c1-3-5-20-9-14-25(29)23(17-20)24-18-21(6-4-2)10-15-26(24)31-27(30)16-11-19-7-12-22(28)13-8-19/h3-4,7-18,29H,1-2,5-6H2/b16-11+. The van der Waals surface area contributed by atoms with E-state index in [0.29, 0.717) is 35.3 Å². The Bertz CT molecular complexity index is 1130. The molecule has 3 rings (SSSR count). The van der Waals surface area contributed by atoms with Gasteiger partial charge in [-0.15, -0.1) is 13.2 Å². The number of hydrogen-bond acceptors (Lipinski definition) is 3. The van der Waals surface area contributed by atoms with Gasteiger partial charge in [0.2, 0.25) is 0 Å². The highest BCUT2D eigenvalue weighted by Crippen LogP contribution is 2.37. The largest absolute Gasteiger partial charge is 0.507 e. The lowest BCUT2D eigenvalue weighted by Gasteiger charge is -2.13. The van der Waals surface area contributed by atoms with Gasteiger partial charge in [-0.2, -0.15) is 0 Å². The van der Waals surface area contributed by atoms with E-state index in [1.54, 1.807) is 42.5 Å². The maximum atomic E-state index is 13.0. The summed E-state index contributed by atoms with van der Waals surface area (Å²) in [5.74, 6) is -0.512. The Hall–Kier alpha value is -3.92. The molecule has 0 spiro atoms. The lowest BCUT2D eigenvalue weighted by Crippen LogP contribution is -2.05. The van der Waals surface area contributed by atoms with Gasteiger partial charge in [0.15, 0.2) is 0 Å². The Kier molecular flexibility index (Phi) is 7.17. The fourth-order valence-corrected chi connectivity index (χ4v) is 3.14. The van der Waals surface area contributed by atoms with Crippen LogP contribution < -0.4 is 4.74 Å². The van der Waals surface area contributed by atoms with Crippen LogP contribution in [0.3, 0.4) is 0 Å². The van der Waals surface area contributed by atoms with Gasteiger partial charge in [-0.3, -0.25) is 0 Å². The highest BCUT2D eigenvalue weighted by molar-refractivity contribution is 5.90. The molecule has 3 nitrogen and oxygen atoms in total. The fraction of sp³-hybridized carbons (Fsp3) is 0.0741. The zero-order chi connectivity index (χ0) is 22.2. The Morgan fingerprint density at radius 2 is 1.52 bits per heavy atom. The molecular weight excluding hydrogens is 391 g/mol. The number of ether oxygens (including phenoxy) is 1. The van der Waals surface area contributed by atoms with Crippen molar-refractivity contribution < 1.29 is 19.0 Å². The molecule has 0 fully saturated rings. The zero-order valence-electron chi connectivity index (χ0n) is 17.1. The third-order valence-corrected chi connectivity index (χ3v) is 4.65. The second kappa shape index (κ2) is 10.2. The molecule has 0 radical (unpaired) electrons. The SMILES string of the molecule is C=CCc1ccc(O)c(-c2cc(CC=C)ccc2OC(=O)/C=C/c2ccc(F)cc2)c1. The monoisotopic (exact) mass is 414 g/mol. The number of hydrogen-bond donors (Lipinski definition) is 1. The summed E-state index contributed by atoms with van der Waals surface area (Å²) in [6, 6.07) is 16.5. The maximum Gasteiger partial charge on any atom is 0.336 e. The van der Waals surface area contributed by atoms with E-state index < -0.39 is 5.97 Å². The summed E-state index contributed by atoms with van der Waals surface area (Å²) in [5.41, 5.74) is 3.79. The van der Waals surface area contributed by atoms with Gasteiger partial charge in [0.25, 0.3) is 0 Å². The van der Waals surface area contributed by atoms with Crippen molar-refractivity contribution in [3.8, 4) is 22.6 Å². The van der Waals surface area contributed by atoms with Gasteiger partial charge in [-0.05, 0) is 72.0 Å². The van der Waals surface area contributed by atoms with Crippen molar-refractivity contribution >= 4 is 12.0 Å². The summed E-state index contributed by atoms with van der Waals surface area (Å²) in [4.78, 5) is 12.4. The van der Waals surface area contributed by atoms with Crippen LogP contribution in [0, 0.1) is 5.82 Å². The molecule has 0 saturated heterocycles. The molecule has 1 N–H and O–H groups in total. The Morgan fingerprint density at radius 1 is 0.903 bits per heavy atom. The van der Waals surface area contributed by atoms with Gasteiger partial charge in [0.1, 0.15) is 17.3 Å². The van der Waals surface area contributed by atoms with E-state index >= 15 is 0 Å². The number of carbonyl (C=O) groups is 1. The Balaban J connectivity index is 1.94. The van der Waals surface area contributed by atoms with Crippen molar-refractivity contribution in [2.45, 2.75) is 12.8 Å². The van der Waals surface area contributed by atoms with Crippen LogP contribution in [-0.4, -0.2) is 11.1 Å². The van der Waals surface area contributed by atoms with Crippen LogP contribution in [0.5, 0.6) is 11.5 Å². The number of phenols is 1. The minimum Gasteiger partial charge on any atom is -0.507 e. The lowest BCUT2D eigenvalue weighted by atomic mass is 9.97. The molecule has 0 aromatic heterocycles. The van der Waals surface area contributed by atoms with E-state index in [-0.39, 0.29) is 11.6 Å². The molecule has 0 amide bonds. The molecule has 3 aromatic carbocycles. The Morgan fingerprint density at radius 3 is 2.16 bits per heavy atom. The Labute approximate surface area is 181 Å². The number of allylic oxidation sites excluding steroid dienone is 2. The number of rotatable bonds is 8. The average molecular weight is 414 g/mol. The molecule has 31 heavy (non-hydrogen) atoms. The molecule has 0 saturated carbocycles. The molecule has 0 aliphatic heterocycles. The van der Waals surface area contributed by atoms with E-state index in [1.807, 2.05) is 24.3 Å². The number of esters is 1. The van der Waals surface area contributed by atoms with Crippen LogP contribution in [0.2, 0.25) is 0 Å². The number of halogens is 1. The summed E-state index contributed by atoms with van der Waals surface area (Å²) in [5, 5.41) is 10.5. The van der Waals surface area contributed by atoms with Crippen molar-refractivity contribution in [1.82, 2.24) is 0 Å². The summed E-state index contributed by atoms with van der Waals surface area (Å²) < 4.78 is 18.6. The van der Waals surface area contributed by atoms with E-state index in [4.69, 9.17) is 4.74 Å². The van der Waals surface area contributed by atoms with Gasteiger partial charge in [0, 0.05) is 17.2 Å². The molecule has 0 atom stereocenters. The number of aromatic hydroxyl groups is 1. The van der Waals surface area contributed by atoms with Crippen LogP contribution in [0.1, 0.15) is 16.7 Å². The molecule has 3 aromatic rings. The van der Waals surface area contributed by atoms with Gasteiger partial charge in [-0.1, -0.05) is 36.4 Å². The smallest absolute Gasteiger partial charge is 0.336 e. The molecule has 0 unspecified atom stereocenters. The quantitative estimate of drug-likeness (QED) is 0.204. The molecule has 0 heterocycles. The first-order chi connectivity index (χ1) is 15.0. The number of phenolic OH excluding ortho intramolecular Hbond substituents is 1. The molecule has 156 valence electrons. The first-order valence-electron chi connectivity index (χ1n) is 9.82. The molecule has 0 bridgehead atoms. The maximum absolute atomic E-state index is 13.0. The third-order valence-electron chi connectivity index (χ3n) is 4.65. The summed E-state index contributed by atoms with van der Waals surface area (Å²) >= 11 is 0. The van der Waals surface area contributed by atoms with Crippen molar-refractivity contribution in [3.05, 3.63) is 115 Å². The van der Waals surface area contributed by atoms with Crippen molar-refractivity contribution in [2.75, 3.05) is 0 Å². The van der Waals surface area contributed by atoms with E-state index in [9.17, 15) is 14.3 Å². The highest BCUT2D eigenvalue weighted by atomic mass is 19.1. The first-order valence-corrected chi connectivity index (χ1v) is 9.82. The van der Waals surface area contributed by atoms with Crippen LogP contribution in [0.15, 0.2) is 92.0 Å². The minimum absolute atomic E-state index is 0.0859. The van der Waals surface area contributed by atoms with Crippen molar-refractivity contribution in [1.29, 1.82) is 0 Å². The third kappa shape index (κ3) is 5.80. The topological polar surface area (TPSA) is 46.5 Å². The van der Waals surface area contributed by atoms with Crippen LogP contribution >= 0.6 is 0 Å². The summed E-state index contributed by atoms with van der Waals surface area (Å²) in [6.07, 6.45) is 7.68. The van der Waals surface area contributed by atoms with Crippen molar-refractivity contribution in [2.24, 2.45) is 0 Å². The summed E-state index contributed by atoms with van der Waals surface area (Å²) in [7, 11) is 0. The van der Waals surface area contributed by atoms with Crippen LogP contribution in [0.25, 0.3) is 17.2 Å². The lowest BCUT2D eigenvalue weighted by molar-refractivity contribution is -0.128. The van der Waals surface area contributed by atoms with Crippen LogP contribution in [-0.2, 0) is 17.6 Å². The van der Waals surface area contributed by atoms with Gasteiger partial charge in [-0.25, -0.2) is 9.18 Å². The van der Waals surface area contributed by atoms with Gasteiger partial charge in [0.05, 0.1) is 0 Å². The second-order valence-electron chi connectivity index (χ2n) is 6.97. The fourth-order valence-electron chi connectivity index (χ4n) is 3.14. The predicted molar refractivity (Wildman–Crippen MR) is 122 cm³/mol. The normalized spacial score (nSPS) is 10.7. The highest BCUT2D eigenvalue weighted by Gasteiger charge is 2.14. The molecule has 4 heteroatoms.